The van der Waals surface area contributed by atoms with Gasteiger partial charge in [0.25, 0.3) is 0 Å². The standard InChI is InChI=1S/C44H35N2O.Ru/c1-26-22-23-38-34-18-8-6-14-30(34)32-16-10-12-20-36(32)43-44-37-21-13-11-17-33(37)31-15-7-9-19-35(31)39-24-25-40(47-5)28(3)42(39)46(44)29(4)45(43)41(38)27(26)2;/h6-17,19-25,29H,1-5H3;/q-1;+1/t29-;/m0./s1. The summed E-state index contributed by atoms with van der Waals surface area (Å²) in [4.78, 5) is 5.21. The second kappa shape index (κ2) is 11.4. The van der Waals surface area contributed by atoms with E-state index in [1.165, 1.54) is 84.0 Å². The summed E-state index contributed by atoms with van der Waals surface area (Å²) < 4.78 is 6.01. The Morgan fingerprint density at radius 3 is 1.60 bits per heavy atom. The zero-order chi connectivity index (χ0) is 32.0. The first kappa shape index (κ1) is 30.4. The number of benzene rings is 6. The van der Waals surface area contributed by atoms with Crippen molar-refractivity contribution in [3.8, 4) is 50.3 Å². The fourth-order valence-electron chi connectivity index (χ4n) is 8.26. The van der Waals surface area contributed by atoms with Crippen molar-refractivity contribution in [3.05, 3.63) is 149 Å². The minimum absolute atomic E-state index is 0. The van der Waals surface area contributed by atoms with E-state index in [0.717, 1.165) is 16.9 Å². The molecule has 3 heterocycles. The summed E-state index contributed by atoms with van der Waals surface area (Å²) in [5, 5.41) is 0. The molecule has 1 radical (unpaired) electrons. The van der Waals surface area contributed by atoms with Crippen LogP contribution in [0.2, 0.25) is 0 Å². The van der Waals surface area contributed by atoms with Crippen LogP contribution in [-0.4, -0.2) is 13.3 Å². The van der Waals surface area contributed by atoms with Crippen LogP contribution in [-0.2, 0) is 19.5 Å². The first-order chi connectivity index (χ1) is 23.0. The van der Waals surface area contributed by atoms with Gasteiger partial charge in [-0.15, -0.1) is 35.4 Å². The Bertz CT molecular complexity index is 2320. The van der Waals surface area contributed by atoms with Gasteiger partial charge in [0.1, 0.15) is 11.9 Å². The number of fused-ring (bicyclic) bond motifs is 16. The molecule has 4 heteroatoms. The average Bonchev–Trinajstić information content (AvgIpc) is 3.38. The summed E-state index contributed by atoms with van der Waals surface area (Å²) in [5.74, 6) is 0.890. The first-order valence-electron chi connectivity index (χ1n) is 16.4. The predicted molar refractivity (Wildman–Crippen MR) is 195 cm³/mol. The molecule has 6 aromatic carbocycles. The molecule has 3 aliphatic heterocycles. The van der Waals surface area contributed by atoms with Crippen molar-refractivity contribution >= 4 is 22.8 Å². The number of hydrogen-bond acceptors (Lipinski definition) is 3. The first-order valence-corrected chi connectivity index (χ1v) is 16.4. The quantitative estimate of drug-likeness (QED) is 0.125. The summed E-state index contributed by atoms with van der Waals surface area (Å²) in [6.45, 7) is 9.07. The summed E-state index contributed by atoms with van der Waals surface area (Å²) in [7, 11) is 1.78. The molecule has 6 aromatic rings. The van der Waals surface area contributed by atoms with E-state index in [-0.39, 0.29) is 25.6 Å². The van der Waals surface area contributed by atoms with E-state index in [1.54, 1.807) is 7.11 Å². The third-order valence-corrected chi connectivity index (χ3v) is 10.5. The average molecular weight is 709 g/mol. The third kappa shape index (κ3) is 4.09. The minimum Gasteiger partial charge on any atom is -0.496 e. The van der Waals surface area contributed by atoms with Gasteiger partial charge < -0.3 is 14.5 Å². The fraction of sp³-hybridized carbons (Fsp3) is 0.136. The van der Waals surface area contributed by atoms with Gasteiger partial charge in [-0.05, 0) is 73.2 Å². The van der Waals surface area contributed by atoms with Crippen LogP contribution < -0.4 is 14.5 Å². The van der Waals surface area contributed by atoms with Crippen LogP contribution in [0.5, 0.6) is 5.75 Å². The van der Waals surface area contributed by atoms with E-state index in [4.69, 9.17) is 4.74 Å². The van der Waals surface area contributed by atoms with Crippen LogP contribution >= 0.6 is 0 Å². The molecule has 0 spiro atoms. The molecule has 0 bridgehead atoms. The Morgan fingerprint density at radius 1 is 0.521 bits per heavy atom. The number of rotatable bonds is 1. The Kier molecular flexibility index (Phi) is 7.20. The maximum atomic E-state index is 6.01. The fourth-order valence-corrected chi connectivity index (χ4v) is 8.26. The molecule has 1 atom stereocenters. The second-order valence-corrected chi connectivity index (χ2v) is 12.9. The van der Waals surface area contributed by atoms with Crippen LogP contribution in [0.25, 0.3) is 55.9 Å². The van der Waals surface area contributed by atoms with Crippen molar-refractivity contribution in [2.45, 2.75) is 33.9 Å². The van der Waals surface area contributed by atoms with Crippen molar-refractivity contribution in [2.75, 3.05) is 16.9 Å². The Balaban J connectivity index is 0.00000336. The van der Waals surface area contributed by atoms with Gasteiger partial charge in [-0.25, -0.2) is 0 Å². The van der Waals surface area contributed by atoms with Gasteiger partial charge in [-0.3, -0.25) is 0 Å². The normalized spacial score (nSPS) is 15.1. The summed E-state index contributed by atoms with van der Waals surface area (Å²) in [6.07, 6.45) is -0.0551. The van der Waals surface area contributed by atoms with E-state index < -0.39 is 0 Å². The predicted octanol–water partition coefficient (Wildman–Crippen LogP) is 10.9. The minimum atomic E-state index is -0.0551. The Morgan fingerprint density at radius 2 is 1.00 bits per heavy atom. The van der Waals surface area contributed by atoms with Gasteiger partial charge in [0.2, 0.25) is 0 Å². The van der Waals surface area contributed by atoms with E-state index in [9.17, 15) is 0 Å². The molecule has 3 aliphatic rings. The van der Waals surface area contributed by atoms with Gasteiger partial charge in [-0.2, -0.15) is 0 Å². The molecule has 0 fully saturated rings. The van der Waals surface area contributed by atoms with Crippen molar-refractivity contribution in [2.24, 2.45) is 0 Å². The number of hydrogen-bond donors (Lipinski definition) is 0. The Labute approximate surface area is 295 Å². The number of methoxy groups -OCH3 is 1. The van der Waals surface area contributed by atoms with Crippen LogP contribution in [0.1, 0.15) is 34.7 Å². The third-order valence-electron chi connectivity index (χ3n) is 10.5. The number of ether oxygens (including phenoxy) is 1. The molecule has 0 N–H and O–H groups in total. The maximum absolute atomic E-state index is 6.01. The van der Waals surface area contributed by atoms with E-state index >= 15 is 0 Å². The SMILES string of the molecule is COc1ccc2c(c1C)N1C(=C3c4ccccc4-c4ccc[c-]c4-c4ccc(C)c(C)c4N3[C@@H]1C)c1ccccc1-c1ccccc1-2.[Ru+]. The Hall–Kier alpha value is -4.92. The molecular weight excluding hydrogens is 674 g/mol. The molecule has 0 saturated heterocycles. The van der Waals surface area contributed by atoms with Crippen LogP contribution in [0.3, 0.4) is 0 Å². The number of nitrogens with zero attached hydrogens (tertiary/aromatic N) is 2. The monoisotopic (exact) mass is 709 g/mol. The van der Waals surface area contributed by atoms with Gasteiger partial charge in [0.05, 0.1) is 24.2 Å². The van der Waals surface area contributed by atoms with E-state index in [2.05, 4.69) is 153 Å². The van der Waals surface area contributed by atoms with Crippen molar-refractivity contribution in [1.82, 2.24) is 0 Å². The van der Waals surface area contributed by atoms with Crippen molar-refractivity contribution in [1.29, 1.82) is 0 Å². The zero-order valence-corrected chi connectivity index (χ0v) is 29.4. The molecular formula is C44H35N2ORu. The summed E-state index contributed by atoms with van der Waals surface area (Å²) >= 11 is 0. The van der Waals surface area contributed by atoms with Crippen molar-refractivity contribution in [3.63, 3.8) is 0 Å². The molecule has 0 unspecified atom stereocenters. The number of anilines is 2. The number of aryl methyl sites for hydroxylation is 1. The van der Waals surface area contributed by atoms with Crippen molar-refractivity contribution < 1.29 is 24.2 Å². The molecule has 235 valence electrons. The topological polar surface area (TPSA) is 15.7 Å². The maximum Gasteiger partial charge on any atom is 1.00 e. The summed E-state index contributed by atoms with van der Waals surface area (Å²) in [6, 6.07) is 45.8. The molecule has 0 saturated carbocycles. The molecule has 3 nitrogen and oxygen atoms in total. The van der Waals surface area contributed by atoms with Crippen LogP contribution in [0.15, 0.2) is 115 Å². The molecule has 0 aliphatic carbocycles. The van der Waals surface area contributed by atoms with Gasteiger partial charge >= 0.3 is 19.5 Å². The molecule has 48 heavy (non-hydrogen) atoms. The van der Waals surface area contributed by atoms with E-state index in [0.29, 0.717) is 0 Å². The molecule has 9 rings (SSSR count). The smallest absolute Gasteiger partial charge is 0.496 e. The van der Waals surface area contributed by atoms with Crippen LogP contribution in [0, 0.1) is 26.8 Å². The molecule has 0 amide bonds. The summed E-state index contributed by atoms with van der Waals surface area (Å²) in [5.41, 5.74) is 20.6. The molecule has 0 aromatic heterocycles. The zero-order valence-electron chi connectivity index (χ0n) is 27.7. The van der Waals surface area contributed by atoms with Gasteiger partial charge in [0.15, 0.2) is 0 Å². The second-order valence-electron chi connectivity index (χ2n) is 12.9. The van der Waals surface area contributed by atoms with Crippen LogP contribution in [0.4, 0.5) is 11.4 Å². The van der Waals surface area contributed by atoms with E-state index in [1.807, 2.05) is 6.07 Å². The van der Waals surface area contributed by atoms with Gasteiger partial charge in [-0.1, -0.05) is 96.1 Å². The van der Waals surface area contributed by atoms with Gasteiger partial charge in [0, 0.05) is 22.4 Å². The largest absolute Gasteiger partial charge is 1.00 e.